The summed E-state index contributed by atoms with van der Waals surface area (Å²) < 4.78 is 10.8. The van der Waals surface area contributed by atoms with Crippen LogP contribution in [0.3, 0.4) is 0 Å². The molecule has 3 N–H and O–H groups in total. The van der Waals surface area contributed by atoms with Crippen LogP contribution < -0.4 is 0 Å². The van der Waals surface area contributed by atoms with Crippen molar-refractivity contribution < 1.29 is 24.8 Å². The topological polar surface area (TPSA) is 79.2 Å². The third kappa shape index (κ3) is 11.2. The van der Waals surface area contributed by atoms with Crippen molar-refractivity contribution in [3.63, 3.8) is 0 Å². The molecule has 0 spiro atoms. The molecule has 0 aliphatic carbocycles. The van der Waals surface area contributed by atoms with Crippen molar-refractivity contribution in [2.24, 2.45) is 0 Å². The maximum absolute atomic E-state index is 10.0. The van der Waals surface area contributed by atoms with Crippen LogP contribution in [-0.2, 0) is 9.47 Å². The van der Waals surface area contributed by atoms with Gasteiger partial charge in [0.05, 0.1) is 13.2 Å². The van der Waals surface area contributed by atoms with Gasteiger partial charge in [-0.1, -0.05) is 64.0 Å². The number of allylic oxidation sites excluding steroid dienone is 2. The van der Waals surface area contributed by atoms with E-state index in [1.165, 1.54) is 51.4 Å². The summed E-state index contributed by atoms with van der Waals surface area (Å²) in [4.78, 5) is 0. The lowest BCUT2D eigenvalue weighted by molar-refractivity contribution is -0.210. The molecule has 0 radical (unpaired) electrons. The van der Waals surface area contributed by atoms with Crippen LogP contribution in [0.1, 0.15) is 84.0 Å². The summed E-state index contributed by atoms with van der Waals surface area (Å²) in [7, 11) is 0. The maximum Gasteiger partial charge on any atom is 0.114 e. The van der Waals surface area contributed by atoms with Gasteiger partial charge in [0.2, 0.25) is 0 Å². The average Bonchev–Trinajstić information content (AvgIpc) is 2.67. The van der Waals surface area contributed by atoms with E-state index >= 15 is 0 Å². The van der Waals surface area contributed by atoms with E-state index in [1.807, 2.05) is 0 Å². The second kappa shape index (κ2) is 16.5. The van der Waals surface area contributed by atoms with Gasteiger partial charge in [0.1, 0.15) is 24.4 Å². The number of unbranched alkanes of at least 4 members (excludes halogenated alkanes) is 10. The molecular weight excluding hydrogens is 344 g/mol. The van der Waals surface area contributed by atoms with Crippen molar-refractivity contribution in [1.29, 1.82) is 0 Å². The Hall–Kier alpha value is -0.460. The Morgan fingerprint density at radius 1 is 0.889 bits per heavy atom. The first-order valence-corrected chi connectivity index (χ1v) is 11.1. The van der Waals surface area contributed by atoms with Crippen LogP contribution in [0, 0.1) is 0 Å². The Balaban J connectivity index is 1.92. The van der Waals surface area contributed by atoms with Crippen molar-refractivity contribution in [1.82, 2.24) is 0 Å². The Morgan fingerprint density at radius 2 is 1.48 bits per heavy atom. The second-order valence-corrected chi connectivity index (χ2v) is 7.68. The molecule has 0 saturated carbocycles. The SMILES string of the molecule is CCCCCCCCC/C=C/CCCCCO[C@H]1[C@H](O)[C@@H](CO)OC[C@@H]1O. The summed E-state index contributed by atoms with van der Waals surface area (Å²) in [6, 6.07) is 0. The summed E-state index contributed by atoms with van der Waals surface area (Å²) in [5, 5.41) is 29.0. The van der Waals surface area contributed by atoms with E-state index in [-0.39, 0.29) is 13.2 Å². The van der Waals surface area contributed by atoms with E-state index in [2.05, 4.69) is 19.1 Å². The number of hydrogen-bond acceptors (Lipinski definition) is 5. The number of aliphatic hydroxyl groups excluding tert-OH is 3. The molecule has 0 amide bonds. The van der Waals surface area contributed by atoms with Crippen molar-refractivity contribution >= 4 is 0 Å². The fourth-order valence-corrected chi connectivity index (χ4v) is 3.44. The normalized spacial score (nSPS) is 26.1. The summed E-state index contributed by atoms with van der Waals surface area (Å²) in [5.74, 6) is 0. The predicted octanol–water partition coefficient (Wildman–Crippen LogP) is 3.74. The molecule has 160 valence electrons. The van der Waals surface area contributed by atoms with Crippen molar-refractivity contribution in [3.05, 3.63) is 12.2 Å². The first-order chi connectivity index (χ1) is 13.2. The van der Waals surface area contributed by atoms with Gasteiger partial charge in [0.15, 0.2) is 0 Å². The molecule has 0 unspecified atom stereocenters. The molecule has 1 saturated heterocycles. The van der Waals surface area contributed by atoms with Crippen LogP contribution in [0.2, 0.25) is 0 Å². The van der Waals surface area contributed by atoms with Gasteiger partial charge in [-0.05, 0) is 32.1 Å². The number of ether oxygens (including phenoxy) is 2. The highest BCUT2D eigenvalue weighted by atomic mass is 16.6. The molecule has 0 aromatic rings. The molecule has 5 heteroatoms. The van der Waals surface area contributed by atoms with Gasteiger partial charge in [-0.15, -0.1) is 0 Å². The molecule has 5 nitrogen and oxygen atoms in total. The smallest absolute Gasteiger partial charge is 0.114 e. The molecule has 0 aromatic heterocycles. The fraction of sp³-hybridized carbons (Fsp3) is 0.909. The molecular formula is C22H42O5. The van der Waals surface area contributed by atoms with Crippen molar-refractivity contribution in [2.45, 2.75) is 108 Å². The van der Waals surface area contributed by atoms with Crippen LogP contribution in [0.5, 0.6) is 0 Å². The summed E-state index contributed by atoms with van der Waals surface area (Å²) in [5.41, 5.74) is 0. The monoisotopic (exact) mass is 386 g/mol. The second-order valence-electron chi connectivity index (χ2n) is 7.68. The lowest BCUT2D eigenvalue weighted by atomic mass is 10.0. The molecule has 0 bridgehead atoms. The van der Waals surface area contributed by atoms with E-state index < -0.39 is 24.4 Å². The zero-order valence-corrected chi connectivity index (χ0v) is 17.2. The lowest BCUT2D eigenvalue weighted by Gasteiger charge is -2.37. The van der Waals surface area contributed by atoms with Gasteiger partial charge in [0.25, 0.3) is 0 Å². The van der Waals surface area contributed by atoms with E-state index in [1.54, 1.807) is 0 Å². The van der Waals surface area contributed by atoms with E-state index in [4.69, 9.17) is 14.6 Å². The number of hydrogen-bond donors (Lipinski definition) is 3. The third-order valence-electron chi connectivity index (χ3n) is 5.22. The van der Waals surface area contributed by atoms with Crippen LogP contribution in [0.4, 0.5) is 0 Å². The Kier molecular flexibility index (Phi) is 15.0. The summed E-state index contributed by atoms with van der Waals surface area (Å²) in [6.07, 6.45) is 16.4. The third-order valence-corrected chi connectivity index (χ3v) is 5.22. The molecule has 0 aromatic carbocycles. The van der Waals surface area contributed by atoms with Crippen molar-refractivity contribution in [2.75, 3.05) is 19.8 Å². The van der Waals surface area contributed by atoms with Crippen LogP contribution in [0.25, 0.3) is 0 Å². The molecule has 4 atom stereocenters. The molecule has 1 fully saturated rings. The average molecular weight is 387 g/mol. The first-order valence-electron chi connectivity index (χ1n) is 11.1. The Labute approximate surface area is 165 Å². The van der Waals surface area contributed by atoms with Gasteiger partial charge in [-0.25, -0.2) is 0 Å². The minimum atomic E-state index is -0.978. The van der Waals surface area contributed by atoms with Gasteiger partial charge >= 0.3 is 0 Å². The van der Waals surface area contributed by atoms with Gasteiger partial charge in [-0.2, -0.15) is 0 Å². The van der Waals surface area contributed by atoms with E-state index in [0.29, 0.717) is 6.61 Å². The molecule has 1 heterocycles. The fourth-order valence-electron chi connectivity index (χ4n) is 3.44. The zero-order valence-electron chi connectivity index (χ0n) is 17.2. The largest absolute Gasteiger partial charge is 0.394 e. The van der Waals surface area contributed by atoms with Crippen LogP contribution in [-0.4, -0.2) is 59.6 Å². The minimum Gasteiger partial charge on any atom is -0.394 e. The molecule has 1 aliphatic heterocycles. The number of aliphatic hydroxyl groups is 3. The molecule has 1 rings (SSSR count). The van der Waals surface area contributed by atoms with Gasteiger partial charge in [0, 0.05) is 6.61 Å². The standard InChI is InChI=1S/C22H42O5/c1-2-3-4-5-6-7-8-9-10-11-12-13-14-15-16-26-22-19(24)18-27-20(17-23)21(22)25/h10-11,19-25H,2-9,12-18H2,1H3/b11-10+/t19-,20+,21+,22+/m0/s1. The molecule has 27 heavy (non-hydrogen) atoms. The van der Waals surface area contributed by atoms with E-state index in [9.17, 15) is 10.2 Å². The highest BCUT2D eigenvalue weighted by Crippen LogP contribution is 2.19. The Bertz CT molecular complexity index is 361. The number of rotatable bonds is 16. The lowest BCUT2D eigenvalue weighted by Crippen LogP contribution is -2.55. The Morgan fingerprint density at radius 3 is 2.11 bits per heavy atom. The van der Waals surface area contributed by atoms with Gasteiger partial charge < -0.3 is 24.8 Å². The van der Waals surface area contributed by atoms with Gasteiger partial charge in [-0.3, -0.25) is 0 Å². The maximum atomic E-state index is 10.0. The highest BCUT2D eigenvalue weighted by Gasteiger charge is 2.38. The van der Waals surface area contributed by atoms with Crippen LogP contribution >= 0.6 is 0 Å². The zero-order chi connectivity index (χ0) is 19.7. The quantitative estimate of drug-likeness (QED) is 0.278. The summed E-state index contributed by atoms with van der Waals surface area (Å²) in [6.45, 7) is 2.60. The first kappa shape index (κ1) is 24.6. The highest BCUT2D eigenvalue weighted by molar-refractivity contribution is 4.87. The predicted molar refractivity (Wildman–Crippen MR) is 109 cm³/mol. The minimum absolute atomic E-state index is 0.0937. The van der Waals surface area contributed by atoms with Crippen molar-refractivity contribution in [3.8, 4) is 0 Å². The van der Waals surface area contributed by atoms with E-state index in [0.717, 1.165) is 25.7 Å². The summed E-state index contributed by atoms with van der Waals surface area (Å²) >= 11 is 0. The van der Waals surface area contributed by atoms with Crippen LogP contribution in [0.15, 0.2) is 12.2 Å². The molecule has 1 aliphatic rings.